The van der Waals surface area contributed by atoms with Gasteiger partial charge in [0.1, 0.15) is 5.82 Å². The number of anilines is 2. The van der Waals surface area contributed by atoms with Crippen LogP contribution in [-0.4, -0.2) is 45.7 Å². The molecule has 0 bridgehead atoms. The molecule has 8 heteroatoms. The van der Waals surface area contributed by atoms with Crippen LogP contribution >= 0.6 is 0 Å². The van der Waals surface area contributed by atoms with Crippen LogP contribution in [0.5, 0.6) is 0 Å². The first kappa shape index (κ1) is 22.0. The van der Waals surface area contributed by atoms with Gasteiger partial charge in [-0.25, -0.2) is 9.37 Å². The molecule has 2 aliphatic rings. The lowest BCUT2D eigenvalue weighted by Gasteiger charge is -2.27. The van der Waals surface area contributed by atoms with E-state index in [1.807, 2.05) is 24.5 Å². The zero-order valence-corrected chi connectivity index (χ0v) is 19.8. The largest absolute Gasteiger partial charge is 0.364 e. The lowest BCUT2D eigenvalue weighted by atomic mass is 10.0. The number of piperazine rings is 1. The minimum Gasteiger partial charge on any atom is -0.364 e. The number of hydrogen-bond acceptors (Lipinski definition) is 6. The van der Waals surface area contributed by atoms with Crippen LogP contribution < -0.4 is 15.5 Å². The Morgan fingerprint density at radius 1 is 0.971 bits per heavy atom. The van der Waals surface area contributed by atoms with Crippen molar-refractivity contribution in [3.63, 3.8) is 0 Å². The Bertz CT molecular complexity index is 1310. The summed E-state index contributed by atoms with van der Waals surface area (Å²) in [4.78, 5) is 16.9. The minimum atomic E-state index is -0.224. The number of fused-ring (bicyclic) bond motifs is 1. The summed E-state index contributed by atoms with van der Waals surface area (Å²) in [6, 6.07) is 15.3. The molecular weight excluding hydrogens is 441 g/mol. The summed E-state index contributed by atoms with van der Waals surface area (Å²) in [5.74, 6) is 1.32. The Morgan fingerprint density at radius 3 is 2.54 bits per heavy atom. The van der Waals surface area contributed by atoms with E-state index in [0.717, 1.165) is 65.8 Å². The molecule has 1 saturated heterocycles. The summed E-state index contributed by atoms with van der Waals surface area (Å²) < 4.78 is 15.9. The van der Waals surface area contributed by atoms with E-state index in [1.165, 1.54) is 31.7 Å². The van der Waals surface area contributed by atoms with Gasteiger partial charge in [0, 0.05) is 38.8 Å². The summed E-state index contributed by atoms with van der Waals surface area (Å²) in [5.41, 5.74) is 4.74. The quantitative estimate of drug-likeness (QED) is 0.422. The molecule has 2 aromatic carbocycles. The number of nitrogens with one attached hydrogen (secondary N) is 2. The molecule has 2 fully saturated rings. The molecule has 6 rings (SSSR count). The van der Waals surface area contributed by atoms with Crippen molar-refractivity contribution in [3.05, 3.63) is 66.2 Å². The Hall–Kier alpha value is -3.52. The lowest BCUT2D eigenvalue weighted by molar-refractivity contribution is 0.528. The third-order valence-electron chi connectivity index (χ3n) is 7.10. The van der Waals surface area contributed by atoms with E-state index in [-0.39, 0.29) is 5.82 Å². The lowest BCUT2D eigenvalue weighted by Crippen LogP contribution is -2.44. The highest BCUT2D eigenvalue weighted by Crippen LogP contribution is 2.33. The van der Waals surface area contributed by atoms with Crippen molar-refractivity contribution in [1.29, 1.82) is 0 Å². The second-order valence-corrected chi connectivity index (χ2v) is 9.43. The van der Waals surface area contributed by atoms with Gasteiger partial charge in [-0.05, 0) is 41.7 Å². The molecule has 3 heterocycles. The fraction of sp³-hybridized carbons (Fsp3) is 0.370. The second-order valence-electron chi connectivity index (χ2n) is 9.43. The first-order valence-electron chi connectivity index (χ1n) is 12.5. The second kappa shape index (κ2) is 9.62. The molecule has 1 aliphatic heterocycles. The molecule has 0 atom stereocenters. The number of halogens is 1. The molecule has 2 aromatic heterocycles. The Labute approximate surface area is 204 Å². The van der Waals surface area contributed by atoms with E-state index < -0.39 is 0 Å². The van der Waals surface area contributed by atoms with Crippen molar-refractivity contribution in [2.45, 2.75) is 38.3 Å². The Balaban J connectivity index is 1.28. The number of aromatic nitrogens is 4. The molecule has 7 nitrogen and oxygen atoms in total. The maximum absolute atomic E-state index is 13.6. The van der Waals surface area contributed by atoms with Crippen molar-refractivity contribution in [2.75, 3.05) is 36.4 Å². The van der Waals surface area contributed by atoms with Crippen LogP contribution in [0.15, 0.2) is 54.9 Å². The number of hydrogen-bond donors (Lipinski definition) is 2. The van der Waals surface area contributed by atoms with Crippen molar-refractivity contribution in [2.24, 2.45) is 0 Å². The maximum atomic E-state index is 13.6. The zero-order chi connectivity index (χ0) is 23.6. The molecule has 2 N–H and O–H groups in total. The van der Waals surface area contributed by atoms with Crippen LogP contribution in [0.4, 0.5) is 16.2 Å². The summed E-state index contributed by atoms with van der Waals surface area (Å²) in [6.07, 6.45) is 6.82. The molecule has 1 aliphatic carbocycles. The van der Waals surface area contributed by atoms with E-state index in [1.54, 1.807) is 12.1 Å². The molecule has 180 valence electrons. The maximum Gasteiger partial charge on any atom is 0.229 e. The smallest absolute Gasteiger partial charge is 0.229 e. The summed E-state index contributed by atoms with van der Waals surface area (Å²) in [7, 11) is 0. The normalized spacial score (nSPS) is 16.8. The first-order chi connectivity index (χ1) is 17.2. The number of benzene rings is 2. The highest BCUT2D eigenvalue weighted by Gasteiger charge is 2.23. The first-order valence-corrected chi connectivity index (χ1v) is 12.5. The van der Waals surface area contributed by atoms with Crippen molar-refractivity contribution in [3.8, 4) is 11.1 Å². The average molecular weight is 472 g/mol. The fourth-order valence-corrected chi connectivity index (χ4v) is 5.15. The van der Waals surface area contributed by atoms with Gasteiger partial charge in [-0.1, -0.05) is 49.2 Å². The molecule has 1 saturated carbocycles. The summed E-state index contributed by atoms with van der Waals surface area (Å²) >= 11 is 0. The topological polar surface area (TPSA) is 70.9 Å². The number of imidazole rings is 1. The third-order valence-corrected chi connectivity index (χ3v) is 7.10. The van der Waals surface area contributed by atoms with Crippen LogP contribution in [0, 0.1) is 5.82 Å². The van der Waals surface area contributed by atoms with Crippen LogP contribution in [0.1, 0.15) is 37.3 Å². The number of rotatable bonds is 6. The standard InChI is InChI=1S/C27H30FN7/c28-22-5-3-4-21(16-22)20-10-8-19(9-11-20)17-30-25-24-26(35(18-31-24)23-6-1-2-7-23)33-27(32-25)34-14-12-29-13-15-34/h3-5,8-11,16,18,23,29H,1-2,6-7,12-15,17H2,(H,30,32,33). The van der Waals surface area contributed by atoms with Gasteiger partial charge < -0.3 is 20.1 Å². The Kier molecular flexibility index (Phi) is 6.04. The number of nitrogens with zero attached hydrogens (tertiary/aromatic N) is 5. The van der Waals surface area contributed by atoms with Crippen molar-refractivity contribution in [1.82, 2.24) is 24.8 Å². The van der Waals surface area contributed by atoms with Gasteiger partial charge in [0.25, 0.3) is 0 Å². The van der Waals surface area contributed by atoms with E-state index >= 15 is 0 Å². The van der Waals surface area contributed by atoms with Crippen LogP contribution in [0.3, 0.4) is 0 Å². The van der Waals surface area contributed by atoms with Crippen molar-refractivity contribution >= 4 is 22.9 Å². The van der Waals surface area contributed by atoms with E-state index in [2.05, 4.69) is 32.2 Å². The summed E-state index contributed by atoms with van der Waals surface area (Å²) in [5, 5.41) is 6.93. The molecule has 4 aromatic rings. The van der Waals surface area contributed by atoms with Crippen LogP contribution in [0.25, 0.3) is 22.3 Å². The van der Waals surface area contributed by atoms with Gasteiger partial charge in [-0.2, -0.15) is 9.97 Å². The molecule has 35 heavy (non-hydrogen) atoms. The van der Waals surface area contributed by atoms with Gasteiger partial charge >= 0.3 is 0 Å². The molecular formula is C27H30FN7. The van der Waals surface area contributed by atoms with E-state index in [4.69, 9.17) is 15.0 Å². The van der Waals surface area contributed by atoms with E-state index in [9.17, 15) is 4.39 Å². The predicted molar refractivity (Wildman–Crippen MR) is 137 cm³/mol. The molecule has 0 spiro atoms. The van der Waals surface area contributed by atoms with Gasteiger partial charge in [0.15, 0.2) is 17.0 Å². The monoisotopic (exact) mass is 471 g/mol. The third kappa shape index (κ3) is 4.58. The van der Waals surface area contributed by atoms with Crippen LogP contribution in [-0.2, 0) is 6.54 Å². The van der Waals surface area contributed by atoms with Gasteiger partial charge in [-0.15, -0.1) is 0 Å². The molecule has 0 radical (unpaired) electrons. The van der Waals surface area contributed by atoms with Gasteiger partial charge in [0.2, 0.25) is 5.95 Å². The average Bonchev–Trinajstić information content (AvgIpc) is 3.58. The highest BCUT2D eigenvalue weighted by molar-refractivity contribution is 5.84. The fourth-order valence-electron chi connectivity index (χ4n) is 5.15. The van der Waals surface area contributed by atoms with E-state index in [0.29, 0.717) is 12.6 Å². The molecule has 0 unspecified atom stereocenters. The Morgan fingerprint density at radius 2 is 1.77 bits per heavy atom. The summed E-state index contributed by atoms with van der Waals surface area (Å²) in [6.45, 7) is 4.27. The van der Waals surface area contributed by atoms with Crippen LogP contribution in [0.2, 0.25) is 0 Å². The SMILES string of the molecule is Fc1cccc(-c2ccc(CNc3nc(N4CCNCC4)nc4c3ncn4C3CCCC3)cc2)c1. The minimum absolute atomic E-state index is 0.224. The molecule has 0 amide bonds. The van der Waals surface area contributed by atoms with Gasteiger partial charge in [0.05, 0.1) is 6.33 Å². The zero-order valence-electron chi connectivity index (χ0n) is 19.8. The predicted octanol–water partition coefficient (Wildman–Crippen LogP) is 4.77. The van der Waals surface area contributed by atoms with Crippen molar-refractivity contribution < 1.29 is 4.39 Å². The highest BCUT2D eigenvalue weighted by atomic mass is 19.1. The van der Waals surface area contributed by atoms with Gasteiger partial charge in [-0.3, -0.25) is 0 Å².